The average molecular weight is 243 g/mol. The van der Waals surface area contributed by atoms with Gasteiger partial charge in [0.2, 0.25) is 5.91 Å². The van der Waals surface area contributed by atoms with Gasteiger partial charge in [-0.25, -0.2) is 4.98 Å². The van der Waals surface area contributed by atoms with Crippen molar-refractivity contribution in [2.24, 2.45) is 5.73 Å². The van der Waals surface area contributed by atoms with E-state index < -0.39 is 23.5 Å². The Morgan fingerprint density at radius 2 is 2.12 bits per heavy atom. The summed E-state index contributed by atoms with van der Waals surface area (Å²) in [6.07, 6.45) is -3.72. The molecule has 1 heterocycles. The van der Waals surface area contributed by atoms with E-state index in [9.17, 15) is 18.0 Å². The minimum atomic E-state index is -4.58. The zero-order chi connectivity index (χ0) is 13.1. The van der Waals surface area contributed by atoms with Gasteiger partial charge in [0, 0.05) is 11.8 Å². The third kappa shape index (κ3) is 3.68. The second-order valence-electron chi connectivity index (χ2n) is 3.10. The number of nitrogen functional groups attached to an aromatic ring is 1. The molecular weight excluding hydrogens is 235 g/mol. The number of nitrogens with two attached hydrogens (primary N) is 2. The standard InChI is InChI=1S/C10H8F3N3O/c11-10(12,13)7-4-6(5-16-9(7)15)2-1-3-8(14)17/h4-5H,3H2,(H2,14,17)(H2,15,16). The van der Waals surface area contributed by atoms with Gasteiger partial charge in [-0.05, 0) is 6.07 Å². The number of carbonyl (C=O) groups excluding carboxylic acids is 1. The first-order valence-corrected chi connectivity index (χ1v) is 4.40. The van der Waals surface area contributed by atoms with Crippen molar-refractivity contribution in [3.63, 3.8) is 0 Å². The molecule has 0 aromatic carbocycles. The van der Waals surface area contributed by atoms with Crippen LogP contribution in [0.15, 0.2) is 12.3 Å². The van der Waals surface area contributed by atoms with Crippen LogP contribution in [0.25, 0.3) is 0 Å². The molecule has 0 aliphatic heterocycles. The predicted octanol–water partition coefficient (Wildman–Crippen LogP) is 0.910. The summed E-state index contributed by atoms with van der Waals surface area (Å²) >= 11 is 0. The number of rotatable bonds is 1. The quantitative estimate of drug-likeness (QED) is 0.719. The first-order valence-electron chi connectivity index (χ1n) is 4.40. The lowest BCUT2D eigenvalue weighted by molar-refractivity contribution is -0.137. The molecule has 0 saturated heterocycles. The Labute approximate surface area is 94.8 Å². The summed E-state index contributed by atoms with van der Waals surface area (Å²) in [7, 11) is 0. The van der Waals surface area contributed by atoms with Crippen LogP contribution in [0.1, 0.15) is 17.5 Å². The van der Waals surface area contributed by atoms with Crippen molar-refractivity contribution < 1.29 is 18.0 Å². The Hall–Kier alpha value is -2.23. The number of hydrogen-bond donors (Lipinski definition) is 2. The molecule has 0 atom stereocenters. The Morgan fingerprint density at radius 1 is 1.47 bits per heavy atom. The molecular formula is C10H8F3N3O. The van der Waals surface area contributed by atoms with Crippen LogP contribution in [0, 0.1) is 11.8 Å². The smallest absolute Gasteiger partial charge is 0.383 e. The lowest BCUT2D eigenvalue weighted by atomic mass is 10.2. The van der Waals surface area contributed by atoms with Gasteiger partial charge in [-0.3, -0.25) is 4.79 Å². The van der Waals surface area contributed by atoms with Crippen LogP contribution in [-0.4, -0.2) is 10.9 Å². The monoisotopic (exact) mass is 243 g/mol. The summed E-state index contributed by atoms with van der Waals surface area (Å²) < 4.78 is 37.3. The molecule has 1 rings (SSSR count). The van der Waals surface area contributed by atoms with Gasteiger partial charge in [0.05, 0.1) is 12.0 Å². The number of nitrogens with zero attached hydrogens (tertiary/aromatic N) is 1. The maximum Gasteiger partial charge on any atom is 0.419 e. The summed E-state index contributed by atoms with van der Waals surface area (Å²) in [5, 5.41) is 0. The van der Waals surface area contributed by atoms with Crippen LogP contribution < -0.4 is 11.5 Å². The molecule has 0 unspecified atom stereocenters. The molecule has 7 heteroatoms. The number of alkyl halides is 3. The van der Waals surface area contributed by atoms with Gasteiger partial charge in [0.15, 0.2) is 0 Å². The third-order valence-electron chi connectivity index (χ3n) is 1.72. The maximum atomic E-state index is 12.4. The van der Waals surface area contributed by atoms with Gasteiger partial charge in [0.1, 0.15) is 5.82 Å². The number of anilines is 1. The Morgan fingerprint density at radius 3 is 2.65 bits per heavy atom. The van der Waals surface area contributed by atoms with E-state index in [2.05, 4.69) is 16.8 Å². The summed E-state index contributed by atoms with van der Waals surface area (Å²) in [4.78, 5) is 13.8. The SMILES string of the molecule is NC(=O)CC#Cc1cnc(N)c(C(F)(F)F)c1. The number of aromatic nitrogens is 1. The van der Waals surface area contributed by atoms with Crippen molar-refractivity contribution in [1.82, 2.24) is 4.98 Å². The van der Waals surface area contributed by atoms with Crippen LogP contribution in [0.5, 0.6) is 0 Å². The zero-order valence-electron chi connectivity index (χ0n) is 8.51. The van der Waals surface area contributed by atoms with Gasteiger partial charge in [0.25, 0.3) is 0 Å². The molecule has 0 spiro atoms. The number of primary amides is 1. The van der Waals surface area contributed by atoms with Gasteiger partial charge in [-0.2, -0.15) is 13.2 Å². The molecule has 0 radical (unpaired) electrons. The molecule has 0 fully saturated rings. The summed E-state index contributed by atoms with van der Waals surface area (Å²) in [5.41, 5.74) is 8.89. The van der Waals surface area contributed by atoms with Gasteiger partial charge in [-0.15, -0.1) is 0 Å². The Kier molecular flexibility index (Phi) is 3.58. The minimum absolute atomic E-state index is 0.0211. The fraction of sp³-hybridized carbons (Fsp3) is 0.200. The average Bonchev–Trinajstić information content (AvgIpc) is 2.18. The largest absolute Gasteiger partial charge is 0.419 e. The lowest BCUT2D eigenvalue weighted by Gasteiger charge is -2.08. The highest BCUT2D eigenvalue weighted by Crippen LogP contribution is 2.32. The second kappa shape index (κ2) is 4.74. The van der Waals surface area contributed by atoms with Crippen LogP contribution in [0.4, 0.5) is 19.0 Å². The molecule has 0 aliphatic carbocycles. The molecule has 17 heavy (non-hydrogen) atoms. The maximum absolute atomic E-state index is 12.4. The van der Waals surface area contributed by atoms with Crippen molar-refractivity contribution in [3.05, 3.63) is 23.4 Å². The first-order chi connectivity index (χ1) is 7.80. The summed E-state index contributed by atoms with van der Waals surface area (Å²) in [6, 6.07) is 0.774. The fourth-order valence-electron chi connectivity index (χ4n) is 1.00. The molecule has 0 saturated carbocycles. The first kappa shape index (κ1) is 12.8. The minimum Gasteiger partial charge on any atom is -0.383 e. The lowest BCUT2D eigenvalue weighted by Crippen LogP contribution is -2.10. The predicted molar refractivity (Wildman–Crippen MR) is 54.3 cm³/mol. The molecule has 0 bridgehead atoms. The summed E-state index contributed by atoms with van der Waals surface area (Å²) in [6.45, 7) is 0. The highest BCUT2D eigenvalue weighted by Gasteiger charge is 2.33. The van der Waals surface area contributed by atoms with Crippen LogP contribution in [-0.2, 0) is 11.0 Å². The van der Waals surface area contributed by atoms with E-state index in [1.807, 2.05) is 0 Å². The van der Waals surface area contributed by atoms with Crippen molar-refractivity contribution >= 4 is 11.7 Å². The second-order valence-corrected chi connectivity index (χ2v) is 3.10. The Balaban J connectivity index is 3.04. The molecule has 4 N–H and O–H groups in total. The Bertz CT molecular complexity index is 500. The van der Waals surface area contributed by atoms with Gasteiger partial charge in [-0.1, -0.05) is 11.8 Å². The van der Waals surface area contributed by atoms with E-state index in [1.165, 1.54) is 0 Å². The normalized spacial score (nSPS) is 10.5. The van der Waals surface area contributed by atoms with Gasteiger partial charge < -0.3 is 11.5 Å². The van der Waals surface area contributed by atoms with E-state index in [-0.39, 0.29) is 12.0 Å². The number of carbonyl (C=O) groups is 1. The van der Waals surface area contributed by atoms with E-state index in [0.717, 1.165) is 12.3 Å². The van der Waals surface area contributed by atoms with Crippen molar-refractivity contribution in [1.29, 1.82) is 0 Å². The van der Waals surface area contributed by atoms with Crippen LogP contribution >= 0.6 is 0 Å². The number of hydrogen-bond acceptors (Lipinski definition) is 3. The van der Waals surface area contributed by atoms with Crippen molar-refractivity contribution in [3.8, 4) is 11.8 Å². The van der Waals surface area contributed by atoms with Crippen molar-refractivity contribution in [2.45, 2.75) is 12.6 Å². The molecule has 1 aromatic heterocycles. The zero-order valence-corrected chi connectivity index (χ0v) is 8.51. The topological polar surface area (TPSA) is 82.0 Å². The van der Waals surface area contributed by atoms with Crippen molar-refractivity contribution in [2.75, 3.05) is 5.73 Å². The molecule has 4 nitrogen and oxygen atoms in total. The van der Waals surface area contributed by atoms with E-state index in [0.29, 0.717) is 0 Å². The fourth-order valence-corrected chi connectivity index (χ4v) is 1.00. The summed E-state index contributed by atoms with van der Waals surface area (Å²) in [5.74, 6) is 3.40. The van der Waals surface area contributed by atoms with E-state index >= 15 is 0 Å². The van der Waals surface area contributed by atoms with E-state index in [4.69, 9.17) is 11.5 Å². The molecule has 1 aromatic rings. The molecule has 0 aliphatic rings. The number of halogens is 3. The number of pyridine rings is 1. The highest BCUT2D eigenvalue weighted by atomic mass is 19.4. The molecule has 90 valence electrons. The molecule has 1 amide bonds. The van der Waals surface area contributed by atoms with Gasteiger partial charge >= 0.3 is 6.18 Å². The van der Waals surface area contributed by atoms with Crippen LogP contribution in [0.3, 0.4) is 0 Å². The van der Waals surface area contributed by atoms with Crippen LogP contribution in [0.2, 0.25) is 0 Å². The third-order valence-corrected chi connectivity index (χ3v) is 1.72. The number of amides is 1. The highest BCUT2D eigenvalue weighted by molar-refractivity contribution is 5.76. The van der Waals surface area contributed by atoms with E-state index in [1.54, 1.807) is 0 Å².